The van der Waals surface area contributed by atoms with Crippen LogP contribution in [-0.2, 0) is 14.4 Å². The molecule has 6 heteroatoms. The first kappa shape index (κ1) is 17.1. The molecule has 16 heavy (non-hydrogen) atoms. The maximum atomic E-state index is 10.6. The first-order chi connectivity index (χ1) is 7.43. The van der Waals surface area contributed by atoms with Crippen LogP contribution >= 0.6 is 0 Å². The molecule has 94 valence electrons. The van der Waals surface area contributed by atoms with Crippen LogP contribution in [0.5, 0.6) is 0 Å². The molecule has 0 aromatic rings. The predicted octanol–water partition coefficient (Wildman–Crippen LogP) is -0.947. The van der Waals surface area contributed by atoms with E-state index in [1.807, 2.05) is 0 Å². The van der Waals surface area contributed by atoms with Gasteiger partial charge in [-0.15, -0.1) is 0 Å². The zero-order valence-corrected chi connectivity index (χ0v) is 10.3. The highest BCUT2D eigenvalue weighted by Gasteiger charge is 2.01. The average Bonchev–Trinajstić information content (AvgIpc) is 2.14. The van der Waals surface area contributed by atoms with E-state index in [1.54, 1.807) is 21.0 Å². The number of likely N-dealkylation sites (N-methyl/N-ethyl adjacent to an activating group) is 1. The minimum atomic E-state index is -0.234. The van der Waals surface area contributed by atoms with Crippen molar-refractivity contribution in [3.8, 4) is 0 Å². The monoisotopic (exact) mass is 231 g/mol. The average molecular weight is 231 g/mol. The Hall–Kier alpha value is -1.27. The van der Waals surface area contributed by atoms with Gasteiger partial charge in [-0.25, -0.2) is 0 Å². The molecular formula is C10H21N3O3. The number of Topliss-reactive ketones (excluding diaryl/α,β-unsaturated/α-hetero) is 2. The molecule has 0 aromatic carbocycles. The number of rotatable bonds is 6. The van der Waals surface area contributed by atoms with Gasteiger partial charge in [-0.2, -0.15) is 0 Å². The molecule has 0 atom stereocenters. The third-order valence-corrected chi connectivity index (χ3v) is 1.30. The molecule has 0 rings (SSSR count). The lowest BCUT2D eigenvalue weighted by molar-refractivity contribution is -0.127. The third-order valence-electron chi connectivity index (χ3n) is 1.30. The van der Waals surface area contributed by atoms with E-state index in [9.17, 15) is 14.4 Å². The third kappa shape index (κ3) is 18.5. The van der Waals surface area contributed by atoms with Gasteiger partial charge >= 0.3 is 0 Å². The van der Waals surface area contributed by atoms with E-state index in [0.717, 1.165) is 0 Å². The molecular weight excluding hydrogens is 210 g/mol. The van der Waals surface area contributed by atoms with E-state index >= 15 is 0 Å². The van der Waals surface area contributed by atoms with Crippen LogP contribution in [-0.4, -0.2) is 44.8 Å². The summed E-state index contributed by atoms with van der Waals surface area (Å²) in [5.74, 6) is -0.173. The second-order valence-electron chi connectivity index (χ2n) is 3.24. The minimum absolute atomic E-state index is 0.0261. The second-order valence-corrected chi connectivity index (χ2v) is 3.24. The largest absolute Gasteiger partial charge is 0.343 e. The van der Waals surface area contributed by atoms with Crippen molar-refractivity contribution >= 4 is 17.5 Å². The highest BCUT2D eigenvalue weighted by atomic mass is 16.2. The Morgan fingerprint density at radius 2 is 1.50 bits per heavy atom. The quantitative estimate of drug-likeness (QED) is 0.405. The Labute approximate surface area is 96.2 Å². The standard InChI is InChI=1S/C6H12N2O2.C4H9NO/c1-5(9)3-6(10)8-4-7-2;1-4(6)3-5-2/h7H,3-4H2,1-2H3,(H,8,10);5H,3H2,1-2H3. The van der Waals surface area contributed by atoms with Crippen molar-refractivity contribution < 1.29 is 14.4 Å². The lowest BCUT2D eigenvalue weighted by Gasteiger charge is -2.00. The lowest BCUT2D eigenvalue weighted by Crippen LogP contribution is -2.32. The molecule has 0 bridgehead atoms. The van der Waals surface area contributed by atoms with Crippen molar-refractivity contribution in [3.05, 3.63) is 0 Å². The summed E-state index contributed by atoms with van der Waals surface area (Å²) in [6, 6.07) is 0. The summed E-state index contributed by atoms with van der Waals surface area (Å²) in [6.07, 6.45) is -0.0261. The minimum Gasteiger partial charge on any atom is -0.343 e. The van der Waals surface area contributed by atoms with Crippen LogP contribution in [0.2, 0.25) is 0 Å². The Morgan fingerprint density at radius 3 is 1.75 bits per heavy atom. The van der Waals surface area contributed by atoms with Crippen molar-refractivity contribution in [1.29, 1.82) is 0 Å². The molecule has 3 N–H and O–H groups in total. The van der Waals surface area contributed by atoms with Gasteiger partial charge in [-0.1, -0.05) is 0 Å². The van der Waals surface area contributed by atoms with Gasteiger partial charge in [-0.3, -0.25) is 14.4 Å². The van der Waals surface area contributed by atoms with E-state index in [-0.39, 0.29) is 23.9 Å². The summed E-state index contributed by atoms with van der Waals surface area (Å²) < 4.78 is 0. The number of carbonyl (C=O) groups excluding carboxylic acids is 3. The number of nitrogens with one attached hydrogen (secondary N) is 3. The van der Waals surface area contributed by atoms with Crippen molar-refractivity contribution in [1.82, 2.24) is 16.0 Å². The summed E-state index contributed by atoms with van der Waals surface area (Å²) in [7, 11) is 3.47. The van der Waals surface area contributed by atoms with Crippen LogP contribution < -0.4 is 16.0 Å². The molecule has 0 radical (unpaired) electrons. The number of amides is 1. The van der Waals surface area contributed by atoms with Crippen molar-refractivity contribution in [2.24, 2.45) is 0 Å². The molecule has 0 spiro atoms. The first-order valence-electron chi connectivity index (χ1n) is 4.98. The van der Waals surface area contributed by atoms with Crippen LogP contribution in [0, 0.1) is 0 Å². The zero-order valence-electron chi connectivity index (χ0n) is 10.3. The van der Waals surface area contributed by atoms with Gasteiger partial charge in [-0.05, 0) is 27.9 Å². The Bertz CT molecular complexity index is 229. The van der Waals surface area contributed by atoms with E-state index < -0.39 is 0 Å². The highest BCUT2D eigenvalue weighted by molar-refractivity contribution is 5.96. The van der Waals surface area contributed by atoms with Crippen LogP contribution in [0.15, 0.2) is 0 Å². The molecule has 0 aliphatic heterocycles. The van der Waals surface area contributed by atoms with Crippen LogP contribution in [0.3, 0.4) is 0 Å². The van der Waals surface area contributed by atoms with E-state index in [2.05, 4.69) is 16.0 Å². The van der Waals surface area contributed by atoms with Crippen LogP contribution in [0.4, 0.5) is 0 Å². The topological polar surface area (TPSA) is 87.3 Å². The van der Waals surface area contributed by atoms with Gasteiger partial charge in [0.1, 0.15) is 11.6 Å². The fourth-order valence-electron chi connectivity index (χ4n) is 0.725. The highest BCUT2D eigenvalue weighted by Crippen LogP contribution is 1.79. The zero-order chi connectivity index (χ0) is 13.0. The molecule has 0 unspecified atom stereocenters. The molecule has 6 nitrogen and oxygen atoms in total. The first-order valence-corrected chi connectivity index (χ1v) is 4.98. The van der Waals surface area contributed by atoms with Crippen LogP contribution in [0.25, 0.3) is 0 Å². The maximum Gasteiger partial charge on any atom is 0.228 e. The fourth-order valence-corrected chi connectivity index (χ4v) is 0.725. The summed E-state index contributed by atoms with van der Waals surface area (Å²) in [6.45, 7) is 3.83. The summed E-state index contributed by atoms with van der Waals surface area (Å²) >= 11 is 0. The molecule has 0 fully saturated rings. The molecule has 0 saturated carbocycles. The van der Waals surface area contributed by atoms with E-state index in [0.29, 0.717) is 13.2 Å². The molecule has 0 saturated heterocycles. The van der Waals surface area contributed by atoms with Gasteiger partial charge in [0.15, 0.2) is 0 Å². The Balaban J connectivity index is 0. The maximum absolute atomic E-state index is 10.6. The number of hydrogen-bond donors (Lipinski definition) is 3. The smallest absolute Gasteiger partial charge is 0.228 e. The van der Waals surface area contributed by atoms with Gasteiger partial charge < -0.3 is 16.0 Å². The van der Waals surface area contributed by atoms with Gasteiger partial charge in [0.2, 0.25) is 5.91 Å². The van der Waals surface area contributed by atoms with Gasteiger partial charge in [0.05, 0.1) is 19.6 Å². The van der Waals surface area contributed by atoms with Crippen molar-refractivity contribution in [2.45, 2.75) is 20.3 Å². The molecule has 0 aliphatic carbocycles. The SMILES string of the molecule is CNCC(C)=O.CNCNC(=O)CC(C)=O. The Kier molecular flexibility index (Phi) is 12.6. The van der Waals surface area contributed by atoms with Gasteiger partial charge in [0.25, 0.3) is 0 Å². The second kappa shape index (κ2) is 11.8. The normalized spacial score (nSPS) is 8.75. The summed E-state index contributed by atoms with van der Waals surface area (Å²) in [4.78, 5) is 31.0. The van der Waals surface area contributed by atoms with Gasteiger partial charge in [0, 0.05) is 0 Å². The van der Waals surface area contributed by atoms with Crippen molar-refractivity contribution in [3.63, 3.8) is 0 Å². The van der Waals surface area contributed by atoms with E-state index in [4.69, 9.17) is 0 Å². The molecule has 1 amide bonds. The number of carbonyl (C=O) groups is 3. The lowest BCUT2D eigenvalue weighted by atomic mass is 10.3. The predicted molar refractivity (Wildman–Crippen MR) is 62.0 cm³/mol. The summed E-state index contributed by atoms with van der Waals surface area (Å²) in [5, 5.41) is 7.94. The molecule has 0 aromatic heterocycles. The Morgan fingerprint density at radius 1 is 0.938 bits per heavy atom. The fraction of sp³-hybridized carbons (Fsp3) is 0.700. The van der Waals surface area contributed by atoms with Crippen molar-refractivity contribution in [2.75, 3.05) is 27.3 Å². The van der Waals surface area contributed by atoms with E-state index in [1.165, 1.54) is 6.92 Å². The van der Waals surface area contributed by atoms with Crippen LogP contribution in [0.1, 0.15) is 20.3 Å². The number of ketones is 2. The molecule has 0 aliphatic rings. The number of hydrogen-bond acceptors (Lipinski definition) is 5. The summed E-state index contributed by atoms with van der Waals surface area (Å²) in [5.41, 5.74) is 0. The molecule has 0 heterocycles.